The van der Waals surface area contributed by atoms with Crippen LogP contribution in [0.15, 0.2) is 36.5 Å². The summed E-state index contributed by atoms with van der Waals surface area (Å²) in [6.45, 7) is 3.74. The number of hydrogen-bond donors (Lipinski definition) is 2. The van der Waals surface area contributed by atoms with Crippen LogP contribution in [0.1, 0.15) is 57.9 Å². The van der Waals surface area contributed by atoms with Crippen molar-refractivity contribution in [3.8, 4) is 11.5 Å². The fourth-order valence-electron chi connectivity index (χ4n) is 4.14. The summed E-state index contributed by atoms with van der Waals surface area (Å²) in [7, 11) is 2.70. The lowest BCUT2D eigenvalue weighted by Gasteiger charge is -2.32. The van der Waals surface area contributed by atoms with Crippen LogP contribution in [-0.4, -0.2) is 36.1 Å². The van der Waals surface area contributed by atoms with Crippen molar-refractivity contribution in [2.24, 2.45) is 0 Å². The van der Waals surface area contributed by atoms with Crippen LogP contribution in [0.2, 0.25) is 0 Å². The fourth-order valence-corrected chi connectivity index (χ4v) is 4.14. The number of fused-ring (bicyclic) bond motifs is 2. The third kappa shape index (κ3) is 3.43. The summed E-state index contributed by atoms with van der Waals surface area (Å²) in [5, 5.41) is 6.36. The minimum atomic E-state index is -0.410. The molecule has 2 aromatic carbocycles. The number of methoxy groups -OCH3 is 2. The van der Waals surface area contributed by atoms with Gasteiger partial charge in [-0.3, -0.25) is 0 Å². The van der Waals surface area contributed by atoms with E-state index in [4.69, 9.17) is 18.9 Å². The molecule has 10 nitrogen and oxygen atoms in total. The molecule has 2 unspecified atom stereocenters. The van der Waals surface area contributed by atoms with Gasteiger partial charge in [-0.1, -0.05) is 0 Å². The summed E-state index contributed by atoms with van der Waals surface area (Å²) in [5.41, 5.74) is 3.84. The molecule has 0 saturated carbocycles. The maximum atomic E-state index is 12.0. The van der Waals surface area contributed by atoms with Crippen molar-refractivity contribution < 1.29 is 28.5 Å². The first-order valence-corrected chi connectivity index (χ1v) is 10.6. The van der Waals surface area contributed by atoms with Crippen molar-refractivity contribution in [2.75, 3.05) is 24.9 Å². The number of anilines is 4. The van der Waals surface area contributed by atoms with Crippen LogP contribution in [0.3, 0.4) is 0 Å². The second-order valence-electron chi connectivity index (χ2n) is 7.83. The molecule has 3 aromatic rings. The minimum absolute atomic E-state index is 0.206. The number of nitrogens with zero attached hydrogens (tertiary/aromatic N) is 2. The maximum Gasteiger partial charge on any atom is 0.338 e. The number of carbonyl (C=O) groups excluding carboxylic acids is 2. The van der Waals surface area contributed by atoms with E-state index >= 15 is 0 Å². The second-order valence-corrected chi connectivity index (χ2v) is 7.83. The van der Waals surface area contributed by atoms with Gasteiger partial charge in [-0.25, -0.2) is 14.6 Å². The molecule has 0 spiro atoms. The Labute approximate surface area is 195 Å². The molecular weight excluding hydrogens is 440 g/mol. The second kappa shape index (κ2) is 8.22. The van der Waals surface area contributed by atoms with Gasteiger partial charge < -0.3 is 29.6 Å². The van der Waals surface area contributed by atoms with Crippen LogP contribution in [0.25, 0.3) is 0 Å². The molecule has 5 rings (SSSR count). The Balaban J connectivity index is 1.39. The summed E-state index contributed by atoms with van der Waals surface area (Å²) < 4.78 is 21.2. The monoisotopic (exact) mass is 462 g/mol. The van der Waals surface area contributed by atoms with E-state index in [1.807, 2.05) is 13.8 Å². The van der Waals surface area contributed by atoms with E-state index in [1.165, 1.54) is 14.2 Å². The predicted molar refractivity (Wildman–Crippen MR) is 122 cm³/mol. The van der Waals surface area contributed by atoms with Crippen LogP contribution in [0.4, 0.5) is 23.1 Å². The van der Waals surface area contributed by atoms with Gasteiger partial charge in [-0.2, -0.15) is 4.98 Å². The largest absolute Gasteiger partial charge is 0.483 e. The molecular formula is C24H22N4O6. The van der Waals surface area contributed by atoms with E-state index in [-0.39, 0.29) is 12.2 Å². The molecule has 3 heterocycles. The predicted octanol–water partition coefficient (Wildman–Crippen LogP) is 4.44. The van der Waals surface area contributed by atoms with Crippen LogP contribution >= 0.6 is 0 Å². The molecule has 2 aliphatic rings. The van der Waals surface area contributed by atoms with Crippen LogP contribution in [0.5, 0.6) is 11.5 Å². The Bertz CT molecular complexity index is 1230. The lowest BCUT2D eigenvalue weighted by molar-refractivity contribution is 0.0579. The summed E-state index contributed by atoms with van der Waals surface area (Å²) in [6, 6.07) is 8.58. The van der Waals surface area contributed by atoms with Crippen molar-refractivity contribution >= 4 is 35.1 Å². The van der Waals surface area contributed by atoms with E-state index in [0.717, 1.165) is 11.1 Å². The summed E-state index contributed by atoms with van der Waals surface area (Å²) in [6.07, 6.45) is 1.19. The molecule has 2 atom stereocenters. The number of carbonyl (C=O) groups is 2. The Morgan fingerprint density at radius 1 is 0.824 bits per heavy atom. The molecule has 1 aromatic heterocycles. The number of hydrogen-bond acceptors (Lipinski definition) is 10. The fraction of sp³-hybridized carbons (Fsp3) is 0.250. The zero-order valence-corrected chi connectivity index (χ0v) is 19.0. The highest BCUT2D eigenvalue weighted by Gasteiger charge is 2.34. The smallest absolute Gasteiger partial charge is 0.338 e. The Morgan fingerprint density at radius 2 is 1.35 bits per heavy atom. The summed E-state index contributed by atoms with van der Waals surface area (Å²) in [5.74, 6) is 1.20. The maximum absolute atomic E-state index is 12.0. The van der Waals surface area contributed by atoms with Crippen molar-refractivity contribution in [1.29, 1.82) is 0 Å². The number of benzene rings is 2. The molecule has 2 N–H and O–H groups in total. The number of ether oxygens (including phenoxy) is 4. The number of esters is 2. The van der Waals surface area contributed by atoms with E-state index in [2.05, 4.69) is 20.6 Å². The third-order valence-corrected chi connectivity index (χ3v) is 5.77. The molecule has 34 heavy (non-hydrogen) atoms. The molecule has 2 aliphatic heterocycles. The molecule has 0 fully saturated rings. The first-order valence-electron chi connectivity index (χ1n) is 10.6. The van der Waals surface area contributed by atoms with E-state index in [0.29, 0.717) is 45.8 Å². The first kappa shape index (κ1) is 21.5. The van der Waals surface area contributed by atoms with Gasteiger partial charge in [0.1, 0.15) is 18.0 Å². The molecule has 10 heteroatoms. The Hall–Kier alpha value is -4.34. The topological polar surface area (TPSA) is 121 Å². The third-order valence-electron chi connectivity index (χ3n) is 5.77. The van der Waals surface area contributed by atoms with E-state index in [1.54, 1.807) is 36.5 Å². The quantitative estimate of drug-likeness (QED) is 0.508. The average molecular weight is 462 g/mol. The highest BCUT2D eigenvalue weighted by Crippen LogP contribution is 2.48. The SMILES string of the molecule is COC(=O)c1ccc(Nc2ccnc(Nc3ccc(C(=O)OC)c4c3OC4C)n2)c2c1C(C)O2. The van der Waals surface area contributed by atoms with Gasteiger partial charge >= 0.3 is 11.9 Å². The van der Waals surface area contributed by atoms with Crippen LogP contribution in [-0.2, 0) is 9.47 Å². The van der Waals surface area contributed by atoms with Crippen LogP contribution in [0, 0.1) is 0 Å². The standard InChI is InChI=1S/C24H22N4O6/c1-11-18-13(22(29)31-3)5-7-15(20(18)33-11)26-17-9-10-25-24(28-17)27-16-8-6-14(23(30)32-4)19-12(2)34-21(16)19/h5-12H,1-4H3,(H2,25,26,27,28). The highest BCUT2D eigenvalue weighted by atomic mass is 16.5. The van der Waals surface area contributed by atoms with Crippen molar-refractivity contribution in [1.82, 2.24) is 9.97 Å². The van der Waals surface area contributed by atoms with Gasteiger partial charge in [0.15, 0.2) is 11.5 Å². The van der Waals surface area contributed by atoms with Gasteiger partial charge in [0, 0.05) is 6.20 Å². The zero-order valence-electron chi connectivity index (χ0n) is 19.0. The molecule has 0 aliphatic carbocycles. The number of aromatic nitrogens is 2. The Kier molecular flexibility index (Phi) is 5.20. The van der Waals surface area contributed by atoms with Crippen molar-refractivity contribution in [3.05, 3.63) is 58.8 Å². The van der Waals surface area contributed by atoms with Gasteiger partial charge in [-0.05, 0) is 44.2 Å². The van der Waals surface area contributed by atoms with Gasteiger partial charge in [0.25, 0.3) is 0 Å². The molecule has 0 saturated heterocycles. The van der Waals surface area contributed by atoms with Crippen molar-refractivity contribution in [2.45, 2.75) is 26.1 Å². The lowest BCUT2D eigenvalue weighted by atomic mass is 9.96. The van der Waals surface area contributed by atoms with Gasteiger partial charge in [0.05, 0.1) is 47.8 Å². The minimum Gasteiger partial charge on any atom is -0.483 e. The normalized spacial score (nSPS) is 16.9. The first-order chi connectivity index (χ1) is 16.4. The summed E-state index contributed by atoms with van der Waals surface area (Å²) in [4.78, 5) is 32.9. The van der Waals surface area contributed by atoms with Gasteiger partial charge in [0.2, 0.25) is 5.95 Å². The van der Waals surface area contributed by atoms with Crippen molar-refractivity contribution in [3.63, 3.8) is 0 Å². The highest BCUT2D eigenvalue weighted by molar-refractivity contribution is 5.95. The molecule has 0 amide bonds. The molecule has 174 valence electrons. The Morgan fingerprint density at radius 3 is 1.85 bits per heavy atom. The van der Waals surface area contributed by atoms with E-state index < -0.39 is 11.9 Å². The lowest BCUT2D eigenvalue weighted by Crippen LogP contribution is -2.22. The molecule has 0 radical (unpaired) electrons. The van der Waals surface area contributed by atoms with Crippen LogP contribution < -0.4 is 20.1 Å². The number of rotatable bonds is 6. The number of nitrogens with one attached hydrogen (secondary N) is 2. The molecule has 0 bridgehead atoms. The zero-order chi connectivity index (χ0) is 24.0. The average Bonchev–Trinajstić information content (AvgIpc) is 2.83. The van der Waals surface area contributed by atoms with Gasteiger partial charge in [-0.15, -0.1) is 0 Å². The summed E-state index contributed by atoms with van der Waals surface area (Å²) >= 11 is 0. The van der Waals surface area contributed by atoms with E-state index in [9.17, 15) is 9.59 Å².